The molecule has 4 heterocycles. The minimum atomic E-state index is -2.85. The second-order valence-electron chi connectivity index (χ2n) is 9.29. The second-order valence-corrected chi connectivity index (χ2v) is 10.6. The van der Waals surface area contributed by atoms with Crippen molar-refractivity contribution >= 4 is 46.3 Å². The summed E-state index contributed by atoms with van der Waals surface area (Å²) in [4.78, 5) is 7.10. The molecule has 0 bridgehead atoms. The monoisotopic (exact) mass is 480 g/mol. The van der Waals surface area contributed by atoms with Gasteiger partial charge < -0.3 is 15.4 Å². The van der Waals surface area contributed by atoms with Crippen LogP contribution in [0.3, 0.4) is 0 Å². The van der Waals surface area contributed by atoms with Crippen molar-refractivity contribution in [3.8, 4) is 0 Å². The van der Waals surface area contributed by atoms with Crippen LogP contribution in [0.15, 0.2) is 28.2 Å². The standard InChI is InChI=1S/C21H26F2N6OS2/c1-20(2-3-20)27-32-13-8-15-14(19(31)26-18(24)17(22)23)10-25-29(15)16(9-13)28-6-4-21(5-7-28)11-30-12-21/h8-10,17,27H,2-7,11-12H2,1H3,(H2,24,26,31). The largest absolute Gasteiger partial charge is 0.382 e. The maximum atomic E-state index is 12.9. The summed E-state index contributed by atoms with van der Waals surface area (Å²) in [5, 5.41) is 4.54. The van der Waals surface area contributed by atoms with Crippen LogP contribution >= 0.6 is 24.2 Å². The summed E-state index contributed by atoms with van der Waals surface area (Å²) in [6, 6.07) is 4.10. The van der Waals surface area contributed by atoms with E-state index in [1.807, 2.05) is 10.6 Å². The Labute approximate surface area is 194 Å². The number of piperidine rings is 1. The molecule has 3 fully saturated rings. The van der Waals surface area contributed by atoms with Crippen LogP contribution in [-0.4, -0.2) is 58.7 Å². The predicted molar refractivity (Wildman–Crippen MR) is 126 cm³/mol. The first-order chi connectivity index (χ1) is 15.3. The van der Waals surface area contributed by atoms with Crippen LogP contribution in [0.2, 0.25) is 0 Å². The molecule has 3 N–H and O–H groups in total. The van der Waals surface area contributed by atoms with Gasteiger partial charge in [-0.3, -0.25) is 4.72 Å². The molecule has 11 heteroatoms. The van der Waals surface area contributed by atoms with Gasteiger partial charge in [0.2, 0.25) is 0 Å². The fourth-order valence-electron chi connectivity index (χ4n) is 4.08. The lowest BCUT2D eigenvalue weighted by Gasteiger charge is -2.47. The Morgan fingerprint density at radius 2 is 2.00 bits per heavy atom. The zero-order valence-corrected chi connectivity index (χ0v) is 19.4. The molecule has 0 atom stereocenters. The van der Waals surface area contributed by atoms with Crippen LogP contribution in [0, 0.1) is 5.41 Å². The topological polar surface area (TPSA) is 80.2 Å². The Hall–Kier alpha value is -1.82. The van der Waals surface area contributed by atoms with Crippen molar-refractivity contribution in [3.63, 3.8) is 0 Å². The number of amidine groups is 1. The van der Waals surface area contributed by atoms with E-state index in [1.165, 1.54) is 0 Å². The van der Waals surface area contributed by atoms with Gasteiger partial charge in [0, 0.05) is 28.9 Å². The van der Waals surface area contributed by atoms with Crippen molar-refractivity contribution in [1.82, 2.24) is 14.3 Å². The molecule has 2 aliphatic heterocycles. The van der Waals surface area contributed by atoms with E-state index in [9.17, 15) is 8.78 Å². The highest BCUT2D eigenvalue weighted by molar-refractivity contribution is 7.97. The fourth-order valence-corrected chi connectivity index (χ4v) is 5.25. The predicted octanol–water partition coefficient (Wildman–Crippen LogP) is 3.40. The molecule has 7 nitrogen and oxygen atoms in total. The maximum Gasteiger partial charge on any atom is 0.294 e. The highest BCUT2D eigenvalue weighted by Crippen LogP contribution is 2.41. The van der Waals surface area contributed by atoms with Crippen LogP contribution in [0.5, 0.6) is 0 Å². The SMILES string of the molecule is CC1(NSc2cc(N3CCC4(CC3)COC4)n3ncc(C(=S)N=C(N)C(F)F)c3c2)CC1. The molecule has 32 heavy (non-hydrogen) atoms. The first-order valence-electron chi connectivity index (χ1n) is 10.7. The molecule has 0 radical (unpaired) electrons. The summed E-state index contributed by atoms with van der Waals surface area (Å²) in [5.74, 6) is 0.176. The van der Waals surface area contributed by atoms with Gasteiger partial charge in [-0.1, -0.05) is 12.2 Å². The summed E-state index contributed by atoms with van der Waals surface area (Å²) in [5.41, 5.74) is 7.08. The van der Waals surface area contributed by atoms with Crippen molar-refractivity contribution < 1.29 is 13.5 Å². The molecule has 1 aliphatic carbocycles. The van der Waals surface area contributed by atoms with Crippen LogP contribution in [0.4, 0.5) is 14.6 Å². The van der Waals surface area contributed by atoms with Crippen LogP contribution in [0.1, 0.15) is 38.2 Å². The summed E-state index contributed by atoms with van der Waals surface area (Å²) in [7, 11) is 0. The van der Waals surface area contributed by atoms with E-state index >= 15 is 0 Å². The number of pyridine rings is 1. The molecule has 2 aromatic rings. The minimum Gasteiger partial charge on any atom is -0.382 e. The van der Waals surface area contributed by atoms with E-state index in [-0.39, 0.29) is 10.5 Å². The molecule has 1 spiro atoms. The molecule has 2 saturated heterocycles. The van der Waals surface area contributed by atoms with Crippen molar-refractivity contribution in [2.75, 3.05) is 31.2 Å². The maximum absolute atomic E-state index is 12.9. The number of aliphatic imine (C=N–C) groups is 1. The quantitative estimate of drug-likeness (QED) is 0.284. The number of ether oxygens (including phenoxy) is 1. The van der Waals surface area contributed by atoms with Gasteiger partial charge in [0.1, 0.15) is 10.8 Å². The minimum absolute atomic E-state index is 0.0113. The molecule has 1 saturated carbocycles. The van der Waals surface area contributed by atoms with Crippen LogP contribution in [-0.2, 0) is 4.74 Å². The van der Waals surface area contributed by atoms with E-state index in [4.69, 9.17) is 22.7 Å². The van der Waals surface area contributed by atoms with Gasteiger partial charge in [0.15, 0.2) is 5.84 Å². The first kappa shape index (κ1) is 22.0. The normalized spacial score (nSPS) is 21.9. The van der Waals surface area contributed by atoms with Gasteiger partial charge in [-0.2, -0.15) is 5.10 Å². The average Bonchev–Trinajstić information content (AvgIpc) is 3.33. The third-order valence-corrected chi connectivity index (χ3v) is 8.02. The second kappa shape index (κ2) is 8.19. The van der Waals surface area contributed by atoms with E-state index < -0.39 is 12.3 Å². The van der Waals surface area contributed by atoms with Gasteiger partial charge in [0.25, 0.3) is 6.43 Å². The van der Waals surface area contributed by atoms with Gasteiger partial charge in [0.05, 0.1) is 30.5 Å². The third-order valence-electron chi connectivity index (χ3n) is 6.64. The van der Waals surface area contributed by atoms with E-state index in [0.29, 0.717) is 11.0 Å². The Kier molecular flexibility index (Phi) is 5.63. The number of halogens is 2. The Balaban J connectivity index is 1.49. The Bertz CT molecular complexity index is 1070. The van der Waals surface area contributed by atoms with Crippen molar-refractivity contribution in [3.05, 3.63) is 23.9 Å². The number of aromatic nitrogens is 2. The van der Waals surface area contributed by atoms with Crippen LogP contribution < -0.4 is 15.4 Å². The fraction of sp³-hybridized carbons (Fsp3) is 0.571. The zero-order chi connectivity index (χ0) is 22.5. The van der Waals surface area contributed by atoms with Crippen molar-refractivity contribution in [1.29, 1.82) is 0 Å². The first-order valence-corrected chi connectivity index (χ1v) is 12.0. The highest BCUT2D eigenvalue weighted by atomic mass is 32.2. The summed E-state index contributed by atoms with van der Waals surface area (Å²) < 4.78 is 36.6. The number of nitrogens with two attached hydrogens (primary N) is 1. The molecule has 0 amide bonds. The summed E-state index contributed by atoms with van der Waals surface area (Å²) in [6.45, 7) is 5.71. The molecular formula is C21H26F2N6OS2. The Morgan fingerprint density at radius 3 is 2.59 bits per heavy atom. The number of rotatable bonds is 6. The molecular weight excluding hydrogens is 454 g/mol. The van der Waals surface area contributed by atoms with E-state index in [0.717, 1.165) is 68.2 Å². The molecule has 0 unspecified atom stereocenters. The van der Waals surface area contributed by atoms with Gasteiger partial charge in [-0.05, 0) is 56.7 Å². The van der Waals surface area contributed by atoms with Crippen LogP contribution in [0.25, 0.3) is 5.52 Å². The molecule has 2 aromatic heterocycles. The van der Waals surface area contributed by atoms with Crippen molar-refractivity contribution in [2.24, 2.45) is 16.1 Å². The number of nitrogens with one attached hydrogen (secondary N) is 1. The number of fused-ring (bicyclic) bond motifs is 1. The average molecular weight is 481 g/mol. The smallest absolute Gasteiger partial charge is 0.294 e. The number of alkyl halides is 2. The van der Waals surface area contributed by atoms with Gasteiger partial charge in [-0.15, -0.1) is 0 Å². The number of hydrogen-bond acceptors (Lipinski definition) is 6. The van der Waals surface area contributed by atoms with Crippen molar-refractivity contribution in [2.45, 2.75) is 49.5 Å². The number of anilines is 1. The lowest BCUT2D eigenvalue weighted by Crippen LogP contribution is -2.51. The van der Waals surface area contributed by atoms with E-state index in [1.54, 1.807) is 18.1 Å². The lowest BCUT2D eigenvalue weighted by molar-refractivity contribution is -0.124. The lowest BCUT2D eigenvalue weighted by atomic mass is 9.77. The Morgan fingerprint density at radius 1 is 1.28 bits per heavy atom. The number of thiocarbonyl (C=S) groups is 1. The molecule has 172 valence electrons. The highest BCUT2D eigenvalue weighted by Gasteiger charge is 2.41. The summed E-state index contributed by atoms with van der Waals surface area (Å²) in [6.07, 6.45) is 3.17. The summed E-state index contributed by atoms with van der Waals surface area (Å²) >= 11 is 6.90. The number of nitrogens with zero attached hydrogens (tertiary/aromatic N) is 4. The van der Waals surface area contributed by atoms with Gasteiger partial charge in [-0.25, -0.2) is 18.3 Å². The number of hydrogen-bond donors (Lipinski definition) is 2. The molecule has 5 rings (SSSR count). The molecule has 3 aliphatic rings. The zero-order valence-electron chi connectivity index (χ0n) is 17.8. The van der Waals surface area contributed by atoms with E-state index in [2.05, 4.69) is 32.7 Å². The third kappa shape index (κ3) is 4.23. The molecule has 0 aromatic carbocycles. The van der Waals surface area contributed by atoms with Gasteiger partial charge >= 0.3 is 0 Å².